The molecule has 0 heterocycles. The molecule has 0 fully saturated rings. The summed E-state index contributed by atoms with van der Waals surface area (Å²) in [5.41, 5.74) is 7.60. The lowest BCUT2D eigenvalue weighted by atomic mass is 9.69. The maximum atomic E-state index is 2.41. The van der Waals surface area contributed by atoms with Gasteiger partial charge in [0, 0.05) is 0 Å². The normalized spacial score (nSPS) is 14.5. The second-order valence-electron chi connectivity index (χ2n) is 17.6. The smallest absolute Gasteiger partial charge is 0.0295 e. The van der Waals surface area contributed by atoms with E-state index < -0.39 is 0 Å². The lowest BCUT2D eigenvalue weighted by molar-refractivity contribution is 0.138. The number of allylic oxidation sites excluding steroid dienone is 4. The summed E-state index contributed by atoms with van der Waals surface area (Å²) < 4.78 is 0. The van der Waals surface area contributed by atoms with Crippen LogP contribution >= 0.6 is 0 Å². The number of hydrogen-bond donors (Lipinski definition) is 0. The number of hydrogen-bond acceptors (Lipinski definition) is 0. The maximum Gasteiger partial charge on any atom is -0.0295 e. The SMILES string of the molecule is CC/C(C)=C(/CC)CC(C)C.CC/C(C)=C(\CC)CC(C)C.CCC(C)(C)C(C)CCC(C)C.CCCC(C(C)C)C(C)(C)CC. The van der Waals surface area contributed by atoms with Gasteiger partial charge < -0.3 is 0 Å². The zero-order valence-corrected chi connectivity index (χ0v) is 36.9. The molecule has 0 aromatic carbocycles. The number of rotatable bonds is 18. The van der Waals surface area contributed by atoms with Crippen molar-refractivity contribution >= 4 is 0 Å². The summed E-state index contributed by atoms with van der Waals surface area (Å²) >= 11 is 0. The van der Waals surface area contributed by atoms with Crippen LogP contribution < -0.4 is 0 Å². The summed E-state index contributed by atoms with van der Waals surface area (Å²) in [6.07, 6.45) is 15.6. The first kappa shape index (κ1) is 52.3. The molecule has 2 unspecified atom stereocenters. The van der Waals surface area contributed by atoms with Gasteiger partial charge in [-0.25, -0.2) is 0 Å². The van der Waals surface area contributed by atoms with Crippen LogP contribution in [-0.4, -0.2) is 0 Å². The van der Waals surface area contributed by atoms with E-state index in [0.29, 0.717) is 10.8 Å². The molecule has 280 valence electrons. The zero-order chi connectivity index (χ0) is 37.3. The van der Waals surface area contributed by atoms with Crippen LogP contribution in [0.5, 0.6) is 0 Å². The van der Waals surface area contributed by atoms with E-state index in [1.807, 2.05) is 0 Å². The van der Waals surface area contributed by atoms with E-state index in [0.717, 1.165) is 35.5 Å². The zero-order valence-electron chi connectivity index (χ0n) is 36.9. The van der Waals surface area contributed by atoms with Crippen LogP contribution in [0.15, 0.2) is 22.3 Å². The fraction of sp³-hybridized carbons (Fsp3) is 0.913. The molecule has 46 heavy (non-hydrogen) atoms. The first-order chi connectivity index (χ1) is 21.1. The highest BCUT2D eigenvalue weighted by Gasteiger charge is 2.29. The van der Waals surface area contributed by atoms with Crippen molar-refractivity contribution in [3.05, 3.63) is 22.3 Å². The molecule has 0 heteroatoms. The van der Waals surface area contributed by atoms with Gasteiger partial charge in [0.1, 0.15) is 0 Å². The van der Waals surface area contributed by atoms with Crippen LogP contribution in [0.1, 0.15) is 229 Å². The first-order valence-corrected chi connectivity index (χ1v) is 20.4. The fourth-order valence-corrected chi connectivity index (χ4v) is 6.25. The molecule has 0 aliphatic heterocycles. The molecule has 0 saturated carbocycles. The fourth-order valence-electron chi connectivity index (χ4n) is 6.25. The van der Waals surface area contributed by atoms with E-state index in [2.05, 4.69) is 152 Å². The van der Waals surface area contributed by atoms with Gasteiger partial charge in [-0.3, -0.25) is 0 Å². The second-order valence-corrected chi connectivity index (χ2v) is 17.6. The minimum absolute atomic E-state index is 0.532. The lowest BCUT2D eigenvalue weighted by Crippen LogP contribution is -2.27. The molecule has 0 radical (unpaired) electrons. The van der Waals surface area contributed by atoms with Crippen molar-refractivity contribution in [2.75, 3.05) is 0 Å². The molecule has 0 aliphatic rings. The van der Waals surface area contributed by atoms with Crippen molar-refractivity contribution in [3.8, 4) is 0 Å². The quantitative estimate of drug-likeness (QED) is 0.130. The third kappa shape index (κ3) is 27.4. The van der Waals surface area contributed by atoms with Crippen molar-refractivity contribution < 1.29 is 0 Å². The van der Waals surface area contributed by atoms with Crippen LogP contribution in [0.3, 0.4) is 0 Å². The van der Waals surface area contributed by atoms with Gasteiger partial charge in [-0.05, 0) is 112 Å². The van der Waals surface area contributed by atoms with Crippen molar-refractivity contribution in [2.45, 2.75) is 229 Å². The molecule has 0 bridgehead atoms. The highest BCUT2D eigenvalue weighted by Crippen LogP contribution is 2.38. The average Bonchev–Trinajstić information content (AvgIpc) is 2.99. The Labute approximate surface area is 297 Å². The third-order valence-corrected chi connectivity index (χ3v) is 11.2. The summed E-state index contributed by atoms with van der Waals surface area (Å²) in [5, 5.41) is 0. The van der Waals surface area contributed by atoms with Crippen LogP contribution in [-0.2, 0) is 0 Å². The van der Waals surface area contributed by atoms with E-state index in [1.54, 1.807) is 22.3 Å². The standard InChI is InChI=1S/2C12H26.2C11H22/c1-7-12(5,6)11(4)9-8-10(2)3;1-7-9-11(10(3)4)12(5,6)8-2;2*1-6-10(5)11(7-2)8-9(3)4/h2*10-11H,7-9H2,1-6H3;2*9H,6-8H2,1-5H3/b;;11-10+;11-10-. The monoisotopic (exact) mass is 649 g/mol. The van der Waals surface area contributed by atoms with E-state index in [4.69, 9.17) is 0 Å². The Balaban J connectivity index is -0.000000256. The molecule has 0 aliphatic carbocycles. The predicted octanol–water partition coefficient (Wildman–Crippen LogP) is 17.3. The van der Waals surface area contributed by atoms with Gasteiger partial charge in [0.2, 0.25) is 0 Å². The van der Waals surface area contributed by atoms with Gasteiger partial charge >= 0.3 is 0 Å². The Morgan fingerprint density at radius 1 is 0.457 bits per heavy atom. The Kier molecular flexibility index (Phi) is 33.4. The first-order valence-electron chi connectivity index (χ1n) is 20.4. The summed E-state index contributed by atoms with van der Waals surface area (Å²) in [6, 6.07) is 0. The third-order valence-electron chi connectivity index (χ3n) is 11.2. The Morgan fingerprint density at radius 2 is 0.826 bits per heavy atom. The average molecular weight is 649 g/mol. The van der Waals surface area contributed by atoms with Crippen molar-refractivity contribution in [3.63, 3.8) is 0 Å². The molecule has 2 atom stereocenters. The van der Waals surface area contributed by atoms with Crippen molar-refractivity contribution in [2.24, 2.45) is 46.3 Å². The van der Waals surface area contributed by atoms with Crippen LogP contribution in [0, 0.1) is 46.3 Å². The molecule has 0 nitrogen and oxygen atoms in total. The predicted molar refractivity (Wildman–Crippen MR) is 220 cm³/mol. The molecule has 0 saturated heterocycles. The van der Waals surface area contributed by atoms with Crippen LogP contribution in [0.4, 0.5) is 0 Å². The molecular weight excluding hydrogens is 553 g/mol. The largest absolute Gasteiger partial charge is 0.0744 e. The summed E-state index contributed by atoms with van der Waals surface area (Å²) in [6.45, 7) is 50.9. The van der Waals surface area contributed by atoms with E-state index >= 15 is 0 Å². The van der Waals surface area contributed by atoms with Gasteiger partial charge in [0.25, 0.3) is 0 Å². The second kappa shape index (κ2) is 29.4. The maximum absolute atomic E-state index is 2.41. The summed E-state index contributed by atoms with van der Waals surface area (Å²) in [5.74, 6) is 5.08. The van der Waals surface area contributed by atoms with Gasteiger partial charge in [-0.15, -0.1) is 0 Å². The Bertz CT molecular complexity index is 702. The molecule has 0 amide bonds. The van der Waals surface area contributed by atoms with Crippen molar-refractivity contribution in [1.29, 1.82) is 0 Å². The van der Waals surface area contributed by atoms with Crippen LogP contribution in [0.2, 0.25) is 0 Å². The molecule has 0 aromatic heterocycles. The highest BCUT2D eigenvalue weighted by atomic mass is 14.3. The molecule has 0 N–H and O–H groups in total. The molecular formula is C46H96. The minimum Gasteiger partial charge on any atom is -0.0744 e. The Morgan fingerprint density at radius 3 is 1.04 bits per heavy atom. The minimum atomic E-state index is 0.532. The summed E-state index contributed by atoms with van der Waals surface area (Å²) in [4.78, 5) is 0. The molecule has 0 aromatic rings. The lowest BCUT2D eigenvalue weighted by Gasteiger charge is -2.36. The summed E-state index contributed by atoms with van der Waals surface area (Å²) in [7, 11) is 0. The molecule has 0 rings (SSSR count). The van der Waals surface area contributed by atoms with Crippen LogP contribution in [0.25, 0.3) is 0 Å². The van der Waals surface area contributed by atoms with Crippen molar-refractivity contribution in [1.82, 2.24) is 0 Å². The van der Waals surface area contributed by atoms with Gasteiger partial charge in [-0.1, -0.05) is 186 Å². The topological polar surface area (TPSA) is 0 Å². The molecule has 0 spiro atoms. The van der Waals surface area contributed by atoms with E-state index in [9.17, 15) is 0 Å². The highest BCUT2D eigenvalue weighted by molar-refractivity contribution is 5.12. The van der Waals surface area contributed by atoms with E-state index in [1.165, 1.54) is 77.0 Å². The van der Waals surface area contributed by atoms with E-state index in [-0.39, 0.29) is 0 Å². The Hall–Kier alpha value is -0.520. The van der Waals surface area contributed by atoms with Gasteiger partial charge in [0.15, 0.2) is 0 Å². The van der Waals surface area contributed by atoms with Gasteiger partial charge in [-0.2, -0.15) is 0 Å². The van der Waals surface area contributed by atoms with Gasteiger partial charge in [0.05, 0.1) is 0 Å².